The maximum Gasteiger partial charge on any atom is 0.435 e. The zero-order valence-corrected chi connectivity index (χ0v) is 19.5. The van der Waals surface area contributed by atoms with Crippen molar-refractivity contribution in [1.29, 1.82) is 0 Å². The monoisotopic (exact) mass is 497 g/mol. The summed E-state index contributed by atoms with van der Waals surface area (Å²) >= 11 is 0. The highest BCUT2D eigenvalue weighted by Gasteiger charge is 2.37. The molecule has 1 aliphatic heterocycles. The van der Waals surface area contributed by atoms with Crippen LogP contribution in [0.15, 0.2) is 59.7 Å². The van der Waals surface area contributed by atoms with Crippen molar-refractivity contribution in [2.45, 2.75) is 38.4 Å². The number of rotatable bonds is 4. The summed E-state index contributed by atoms with van der Waals surface area (Å²) in [6.07, 6.45) is -0.903. The van der Waals surface area contributed by atoms with Gasteiger partial charge >= 0.3 is 6.18 Å². The number of piperidine rings is 1. The van der Waals surface area contributed by atoms with Crippen molar-refractivity contribution < 1.29 is 17.6 Å². The summed E-state index contributed by atoms with van der Waals surface area (Å²) in [6.45, 7) is 2.47. The van der Waals surface area contributed by atoms with E-state index in [4.69, 9.17) is 0 Å². The fourth-order valence-electron chi connectivity index (χ4n) is 4.79. The molecule has 3 aromatic heterocycles. The number of fused-ring (bicyclic) bond motifs is 1. The van der Waals surface area contributed by atoms with Crippen molar-refractivity contribution in [2.75, 3.05) is 18.0 Å². The number of benzene rings is 1. The summed E-state index contributed by atoms with van der Waals surface area (Å²) < 4.78 is 56.2. The number of halogens is 4. The summed E-state index contributed by atoms with van der Waals surface area (Å²) in [5.41, 5.74) is 1.27. The topological polar surface area (TPSA) is 63.9 Å². The van der Waals surface area contributed by atoms with Gasteiger partial charge in [0.15, 0.2) is 11.3 Å². The predicted molar refractivity (Wildman–Crippen MR) is 127 cm³/mol. The zero-order valence-electron chi connectivity index (χ0n) is 19.5. The summed E-state index contributed by atoms with van der Waals surface area (Å²) in [6, 6.07) is 10.9. The molecule has 0 atom stereocenters. The normalized spacial score (nSPS) is 15.0. The Hall–Kier alpha value is -3.82. The minimum atomic E-state index is -4.55. The molecule has 0 aliphatic carbocycles. The molecule has 4 heterocycles. The average molecular weight is 497 g/mol. The second kappa shape index (κ2) is 9.33. The number of pyridine rings is 2. The second-order valence-electron chi connectivity index (χ2n) is 8.93. The van der Waals surface area contributed by atoms with E-state index >= 15 is 0 Å². The smallest absolute Gasteiger partial charge is 0.370 e. The van der Waals surface area contributed by atoms with Crippen molar-refractivity contribution in [2.24, 2.45) is 0 Å². The van der Waals surface area contributed by atoms with Crippen molar-refractivity contribution in [1.82, 2.24) is 19.5 Å². The first kappa shape index (κ1) is 23.9. The van der Waals surface area contributed by atoms with Crippen molar-refractivity contribution >= 4 is 16.9 Å². The van der Waals surface area contributed by atoms with Crippen LogP contribution in [0.2, 0.25) is 0 Å². The Morgan fingerprint density at radius 3 is 2.53 bits per heavy atom. The first-order chi connectivity index (χ1) is 17.2. The van der Waals surface area contributed by atoms with Crippen LogP contribution < -0.4 is 10.5 Å². The Bertz CT molecular complexity index is 1480. The lowest BCUT2D eigenvalue weighted by Crippen LogP contribution is -2.37. The third-order valence-electron chi connectivity index (χ3n) is 6.56. The number of hydrogen-bond acceptors (Lipinski definition) is 5. The van der Waals surface area contributed by atoms with Crippen LogP contribution in [-0.2, 0) is 12.7 Å². The minimum absolute atomic E-state index is 0.00292. The lowest BCUT2D eigenvalue weighted by Gasteiger charge is -2.34. The van der Waals surface area contributed by atoms with Crippen molar-refractivity contribution in [3.05, 3.63) is 93.5 Å². The molecule has 0 amide bonds. The van der Waals surface area contributed by atoms with Gasteiger partial charge in [-0.15, -0.1) is 0 Å². The highest BCUT2D eigenvalue weighted by molar-refractivity contribution is 5.71. The van der Waals surface area contributed by atoms with Gasteiger partial charge in [-0.2, -0.15) is 13.2 Å². The number of anilines is 1. The van der Waals surface area contributed by atoms with E-state index in [0.29, 0.717) is 53.9 Å². The van der Waals surface area contributed by atoms with Gasteiger partial charge in [0.1, 0.15) is 11.3 Å². The molecule has 1 aromatic carbocycles. The third kappa shape index (κ3) is 4.55. The van der Waals surface area contributed by atoms with Gasteiger partial charge in [-0.05, 0) is 49.9 Å². The van der Waals surface area contributed by atoms with Crippen molar-refractivity contribution in [3.63, 3.8) is 0 Å². The van der Waals surface area contributed by atoms with Crippen LogP contribution in [0.1, 0.15) is 41.3 Å². The average Bonchev–Trinajstić information content (AvgIpc) is 2.86. The van der Waals surface area contributed by atoms with Gasteiger partial charge < -0.3 is 4.90 Å². The molecule has 4 aromatic rings. The molecule has 0 bridgehead atoms. The summed E-state index contributed by atoms with van der Waals surface area (Å²) in [4.78, 5) is 27.8. The lowest BCUT2D eigenvalue weighted by molar-refractivity contribution is -0.140. The van der Waals surface area contributed by atoms with Gasteiger partial charge in [0.25, 0.3) is 5.56 Å². The predicted octanol–water partition coefficient (Wildman–Crippen LogP) is 5.09. The SMILES string of the molecule is Cc1cnc2c(cc(C3CCN(c4cccnc4C(F)(F)F)CC3)c(=O)n2Cc2ccccc2F)n1. The molecule has 1 saturated heterocycles. The molecule has 6 nitrogen and oxygen atoms in total. The summed E-state index contributed by atoms with van der Waals surface area (Å²) in [5.74, 6) is -0.605. The van der Waals surface area contributed by atoms with Gasteiger partial charge in [-0.3, -0.25) is 9.36 Å². The first-order valence-corrected chi connectivity index (χ1v) is 11.6. The Balaban J connectivity index is 1.49. The molecule has 5 rings (SSSR count). The van der Waals surface area contributed by atoms with Crippen LogP contribution in [0.5, 0.6) is 0 Å². The first-order valence-electron chi connectivity index (χ1n) is 11.6. The molecule has 0 saturated carbocycles. The maximum absolute atomic E-state index is 14.4. The van der Waals surface area contributed by atoms with Gasteiger partial charge in [0, 0.05) is 30.4 Å². The van der Waals surface area contributed by atoms with E-state index in [0.717, 1.165) is 6.20 Å². The Morgan fingerprint density at radius 2 is 1.81 bits per heavy atom. The maximum atomic E-state index is 14.4. The van der Waals surface area contributed by atoms with Crippen LogP contribution in [-0.4, -0.2) is 32.6 Å². The second-order valence-corrected chi connectivity index (χ2v) is 8.93. The van der Waals surface area contributed by atoms with Crippen LogP contribution in [0.25, 0.3) is 11.2 Å². The number of alkyl halides is 3. The van der Waals surface area contributed by atoms with Crippen LogP contribution in [0, 0.1) is 12.7 Å². The van der Waals surface area contributed by atoms with E-state index in [9.17, 15) is 22.4 Å². The van der Waals surface area contributed by atoms with Gasteiger partial charge in [-0.1, -0.05) is 18.2 Å². The van der Waals surface area contributed by atoms with Gasteiger partial charge in [0.2, 0.25) is 0 Å². The lowest BCUT2D eigenvalue weighted by atomic mass is 9.89. The molecule has 186 valence electrons. The molecule has 1 fully saturated rings. The Labute approximate surface area is 204 Å². The fourth-order valence-corrected chi connectivity index (χ4v) is 4.79. The molecule has 36 heavy (non-hydrogen) atoms. The van der Waals surface area contributed by atoms with Crippen LogP contribution >= 0.6 is 0 Å². The number of aryl methyl sites for hydroxylation is 1. The molecule has 10 heteroatoms. The van der Waals surface area contributed by atoms with E-state index < -0.39 is 17.7 Å². The van der Waals surface area contributed by atoms with E-state index in [-0.39, 0.29) is 23.7 Å². The number of aromatic nitrogens is 4. The molecule has 0 N–H and O–H groups in total. The Morgan fingerprint density at radius 1 is 1.06 bits per heavy atom. The highest BCUT2D eigenvalue weighted by Crippen LogP contribution is 2.37. The third-order valence-corrected chi connectivity index (χ3v) is 6.56. The standard InChI is InChI=1S/C26H23F4N5O/c1-16-14-32-24-21(33-16)13-19(25(36)35(24)15-18-5-2-3-6-20(18)27)17-8-11-34(12-9-17)22-7-4-10-31-23(22)26(28,29)30/h2-7,10,13-14,17H,8-9,11-12,15H2,1H3. The van der Waals surface area contributed by atoms with Gasteiger partial charge in [-0.25, -0.2) is 19.3 Å². The van der Waals surface area contributed by atoms with Crippen LogP contribution in [0.4, 0.5) is 23.2 Å². The Kier molecular flexibility index (Phi) is 6.19. The molecule has 0 spiro atoms. The minimum Gasteiger partial charge on any atom is -0.370 e. The van der Waals surface area contributed by atoms with Gasteiger partial charge in [0.05, 0.1) is 24.1 Å². The molecular weight excluding hydrogens is 474 g/mol. The number of hydrogen-bond donors (Lipinski definition) is 0. The van der Waals surface area contributed by atoms with E-state index in [1.54, 1.807) is 42.3 Å². The highest BCUT2D eigenvalue weighted by atomic mass is 19.4. The molecule has 0 unspecified atom stereocenters. The van der Waals surface area contributed by atoms with E-state index in [2.05, 4.69) is 15.0 Å². The summed E-state index contributed by atoms with van der Waals surface area (Å²) in [7, 11) is 0. The fraction of sp³-hybridized carbons (Fsp3) is 0.308. The zero-order chi connectivity index (χ0) is 25.4. The molecular formula is C26H23F4N5O. The van der Waals surface area contributed by atoms with E-state index in [1.165, 1.54) is 22.8 Å². The molecule has 0 radical (unpaired) electrons. The molecule has 1 aliphatic rings. The van der Waals surface area contributed by atoms with E-state index in [1.807, 2.05) is 0 Å². The quantitative estimate of drug-likeness (QED) is 0.368. The summed E-state index contributed by atoms with van der Waals surface area (Å²) in [5, 5.41) is 0. The van der Waals surface area contributed by atoms with Crippen molar-refractivity contribution in [3.8, 4) is 0 Å². The van der Waals surface area contributed by atoms with Crippen LogP contribution in [0.3, 0.4) is 0 Å². The number of nitrogens with zero attached hydrogens (tertiary/aromatic N) is 5. The largest absolute Gasteiger partial charge is 0.435 e.